The molecule has 0 saturated heterocycles. The van der Waals surface area contributed by atoms with Crippen molar-refractivity contribution in [1.29, 1.82) is 0 Å². The first kappa shape index (κ1) is 25.9. The minimum atomic E-state index is -0.784. The van der Waals surface area contributed by atoms with Crippen molar-refractivity contribution in [3.8, 4) is 5.75 Å². The van der Waals surface area contributed by atoms with Crippen LogP contribution < -0.4 is 10.1 Å². The molecule has 0 bridgehead atoms. The van der Waals surface area contributed by atoms with Gasteiger partial charge in [-0.15, -0.1) is 0 Å². The number of nitrogens with one attached hydrogen (secondary N) is 1. The normalized spacial score (nSPS) is 18.7. The number of carbonyl (C=O) groups is 2. The Hall–Kier alpha value is -4.72. The van der Waals surface area contributed by atoms with Crippen molar-refractivity contribution in [3.05, 3.63) is 129 Å². The largest absolute Gasteiger partial charge is 0.490 e. The SMILES string of the molecule is CC1=C(C(=O)OCCOc2ccccc2)[C@@H](c2cccc([N+](=O)[O-])c2)C2=C(C[C@@H](c3ccccc3)CC2=O)N1. The fourth-order valence-corrected chi connectivity index (χ4v) is 5.31. The maximum absolute atomic E-state index is 13.7. The lowest BCUT2D eigenvalue weighted by atomic mass is 9.71. The van der Waals surface area contributed by atoms with E-state index in [1.165, 1.54) is 12.1 Å². The molecule has 0 spiro atoms. The molecule has 5 rings (SSSR count). The van der Waals surface area contributed by atoms with Crippen LogP contribution in [0.3, 0.4) is 0 Å². The first-order valence-electron chi connectivity index (χ1n) is 12.8. The quantitative estimate of drug-likeness (QED) is 0.177. The summed E-state index contributed by atoms with van der Waals surface area (Å²) in [5.74, 6) is -0.828. The lowest BCUT2D eigenvalue weighted by Crippen LogP contribution is -2.36. The van der Waals surface area contributed by atoms with Crippen LogP contribution in [0.15, 0.2) is 107 Å². The number of rotatable bonds is 8. The number of hydrogen-bond acceptors (Lipinski definition) is 7. The summed E-state index contributed by atoms with van der Waals surface area (Å²) in [6, 6.07) is 25.1. The van der Waals surface area contributed by atoms with Crippen molar-refractivity contribution in [2.45, 2.75) is 31.6 Å². The molecule has 0 unspecified atom stereocenters. The lowest BCUT2D eigenvalue weighted by molar-refractivity contribution is -0.384. The molecule has 0 radical (unpaired) electrons. The van der Waals surface area contributed by atoms with Gasteiger partial charge in [-0.2, -0.15) is 0 Å². The molecule has 2 aliphatic rings. The summed E-state index contributed by atoms with van der Waals surface area (Å²) in [4.78, 5) is 38.2. The van der Waals surface area contributed by atoms with Gasteiger partial charge in [-0.25, -0.2) is 4.79 Å². The van der Waals surface area contributed by atoms with Gasteiger partial charge in [0.25, 0.3) is 5.69 Å². The Morgan fingerprint density at radius 1 is 0.949 bits per heavy atom. The minimum Gasteiger partial charge on any atom is -0.490 e. The molecule has 1 N–H and O–H groups in total. The van der Waals surface area contributed by atoms with E-state index in [0.29, 0.717) is 29.0 Å². The van der Waals surface area contributed by atoms with Gasteiger partial charge in [-0.3, -0.25) is 14.9 Å². The van der Waals surface area contributed by atoms with E-state index in [1.807, 2.05) is 60.7 Å². The maximum Gasteiger partial charge on any atom is 0.336 e. The molecule has 198 valence electrons. The number of dihydropyridines is 1. The highest BCUT2D eigenvalue weighted by molar-refractivity contribution is 6.04. The van der Waals surface area contributed by atoms with Gasteiger partial charge < -0.3 is 14.8 Å². The van der Waals surface area contributed by atoms with Crippen molar-refractivity contribution in [1.82, 2.24) is 5.32 Å². The fraction of sp³-hybridized carbons (Fsp3) is 0.226. The lowest BCUT2D eigenvalue weighted by Gasteiger charge is -2.36. The third kappa shape index (κ3) is 5.60. The van der Waals surface area contributed by atoms with Crippen LogP contribution in [0.4, 0.5) is 5.69 Å². The van der Waals surface area contributed by atoms with Crippen molar-refractivity contribution in [2.24, 2.45) is 0 Å². The van der Waals surface area contributed by atoms with Crippen LogP contribution in [0.1, 0.15) is 42.7 Å². The summed E-state index contributed by atoms with van der Waals surface area (Å²) in [5.41, 5.74) is 3.47. The van der Waals surface area contributed by atoms with E-state index in [-0.39, 0.29) is 42.6 Å². The monoisotopic (exact) mass is 524 g/mol. The molecule has 0 aromatic heterocycles. The molecule has 39 heavy (non-hydrogen) atoms. The van der Waals surface area contributed by atoms with E-state index in [1.54, 1.807) is 19.1 Å². The Morgan fingerprint density at radius 3 is 2.36 bits per heavy atom. The number of benzene rings is 3. The Kier molecular flexibility index (Phi) is 7.54. The fourth-order valence-electron chi connectivity index (χ4n) is 5.31. The predicted octanol–water partition coefficient (Wildman–Crippen LogP) is 5.58. The van der Waals surface area contributed by atoms with Gasteiger partial charge in [0.1, 0.15) is 19.0 Å². The number of nitro groups is 1. The second-order valence-electron chi connectivity index (χ2n) is 9.58. The third-order valence-corrected chi connectivity index (χ3v) is 7.06. The zero-order valence-corrected chi connectivity index (χ0v) is 21.5. The van der Waals surface area contributed by atoms with E-state index in [0.717, 1.165) is 11.3 Å². The first-order chi connectivity index (χ1) is 18.9. The van der Waals surface area contributed by atoms with Crippen molar-refractivity contribution in [3.63, 3.8) is 0 Å². The Balaban J connectivity index is 1.45. The smallest absolute Gasteiger partial charge is 0.336 e. The topological polar surface area (TPSA) is 108 Å². The standard InChI is InChI=1S/C31H28N2O6/c1-20-28(31(35)39-16-15-38-25-13-6-3-7-14-25)29(22-11-8-12-24(17-22)33(36)37)30-26(32-20)18-23(19-27(30)34)21-9-4-2-5-10-21/h2-14,17,23,29,32H,15-16,18-19H2,1H3/t23-,29-/m1/s1. The summed E-state index contributed by atoms with van der Waals surface area (Å²) in [6.45, 7) is 1.92. The van der Waals surface area contributed by atoms with Crippen LogP contribution in [0.25, 0.3) is 0 Å². The van der Waals surface area contributed by atoms with Gasteiger partial charge in [0, 0.05) is 41.4 Å². The molecule has 0 saturated carbocycles. The third-order valence-electron chi connectivity index (χ3n) is 7.06. The van der Waals surface area contributed by atoms with Gasteiger partial charge in [-0.05, 0) is 42.5 Å². The predicted molar refractivity (Wildman–Crippen MR) is 145 cm³/mol. The highest BCUT2D eigenvalue weighted by atomic mass is 16.6. The summed E-state index contributed by atoms with van der Waals surface area (Å²) in [5, 5.41) is 14.9. The number of ether oxygens (including phenoxy) is 2. The first-order valence-corrected chi connectivity index (χ1v) is 12.8. The van der Waals surface area contributed by atoms with E-state index in [4.69, 9.17) is 9.47 Å². The van der Waals surface area contributed by atoms with Crippen molar-refractivity contribution in [2.75, 3.05) is 13.2 Å². The van der Waals surface area contributed by atoms with Gasteiger partial charge in [0.05, 0.1) is 10.5 Å². The average molecular weight is 525 g/mol. The molecule has 0 fully saturated rings. The highest BCUT2D eigenvalue weighted by Gasteiger charge is 2.41. The zero-order valence-electron chi connectivity index (χ0n) is 21.5. The summed E-state index contributed by atoms with van der Waals surface area (Å²) >= 11 is 0. The second kappa shape index (κ2) is 11.3. The molecule has 8 heteroatoms. The van der Waals surface area contributed by atoms with E-state index in [9.17, 15) is 19.7 Å². The van der Waals surface area contributed by atoms with Gasteiger partial charge in [0.15, 0.2) is 5.78 Å². The van der Waals surface area contributed by atoms with E-state index >= 15 is 0 Å². The number of esters is 1. The summed E-state index contributed by atoms with van der Waals surface area (Å²) in [7, 11) is 0. The van der Waals surface area contributed by atoms with Crippen LogP contribution in [0, 0.1) is 10.1 Å². The maximum atomic E-state index is 13.7. The number of nitrogens with zero attached hydrogens (tertiary/aromatic N) is 1. The molecule has 1 aliphatic heterocycles. The number of hydrogen-bond donors (Lipinski definition) is 1. The van der Waals surface area contributed by atoms with Crippen LogP contribution in [0.5, 0.6) is 5.75 Å². The van der Waals surface area contributed by atoms with Gasteiger partial charge >= 0.3 is 5.97 Å². The molecule has 1 heterocycles. The molecule has 8 nitrogen and oxygen atoms in total. The van der Waals surface area contributed by atoms with Crippen LogP contribution in [-0.4, -0.2) is 29.9 Å². The van der Waals surface area contributed by atoms with Crippen molar-refractivity contribution < 1.29 is 24.0 Å². The number of para-hydroxylation sites is 1. The number of ketones is 1. The summed E-state index contributed by atoms with van der Waals surface area (Å²) in [6.07, 6.45) is 0.864. The Bertz CT molecular complexity index is 1460. The van der Waals surface area contributed by atoms with Crippen LogP contribution in [-0.2, 0) is 14.3 Å². The van der Waals surface area contributed by atoms with E-state index in [2.05, 4.69) is 5.32 Å². The molecule has 3 aromatic carbocycles. The molecule has 0 amide bonds. The molecular weight excluding hydrogens is 496 g/mol. The zero-order chi connectivity index (χ0) is 27.4. The molecule has 1 aliphatic carbocycles. The number of nitro benzene ring substituents is 1. The van der Waals surface area contributed by atoms with E-state index < -0.39 is 16.8 Å². The van der Waals surface area contributed by atoms with Crippen LogP contribution in [0.2, 0.25) is 0 Å². The Morgan fingerprint density at radius 2 is 1.64 bits per heavy atom. The molecule has 3 aromatic rings. The number of Topliss-reactive ketones (excluding diaryl/α,β-unsaturated/α-hetero) is 1. The number of carbonyl (C=O) groups excluding carboxylic acids is 2. The van der Waals surface area contributed by atoms with Gasteiger partial charge in [0.2, 0.25) is 0 Å². The average Bonchev–Trinajstić information content (AvgIpc) is 2.95. The van der Waals surface area contributed by atoms with Crippen LogP contribution >= 0.6 is 0 Å². The van der Waals surface area contributed by atoms with Gasteiger partial charge in [-0.1, -0.05) is 60.7 Å². The number of allylic oxidation sites excluding steroid dienone is 3. The molecular formula is C31H28N2O6. The summed E-state index contributed by atoms with van der Waals surface area (Å²) < 4.78 is 11.2. The second-order valence-corrected chi connectivity index (χ2v) is 9.58. The number of non-ortho nitro benzene ring substituents is 1. The molecule has 2 atom stereocenters. The van der Waals surface area contributed by atoms with Crippen molar-refractivity contribution >= 4 is 17.4 Å². The highest BCUT2D eigenvalue weighted by Crippen LogP contribution is 2.46. The minimum absolute atomic E-state index is 0.00208. The Labute approximate surface area is 226 Å².